The molecule has 2 rings (SSSR count). The van der Waals surface area contributed by atoms with Crippen LogP contribution < -0.4 is 5.32 Å². The fraction of sp³-hybridized carbons (Fsp3) is 0.143. The van der Waals surface area contributed by atoms with E-state index in [1.54, 1.807) is 6.07 Å². The minimum atomic E-state index is -4.38. The van der Waals surface area contributed by atoms with Gasteiger partial charge in [0.1, 0.15) is 16.9 Å². The second-order valence-corrected chi connectivity index (χ2v) is 4.56. The standard InChI is InChI=1S/C14H9ClF3N3/c15-12-10(7-19)4-5-20-13(12)21-8-9-2-1-3-11(6-9)14(16,17)18/h1-6H,8H2,(H,20,21). The molecule has 7 heteroatoms. The lowest BCUT2D eigenvalue weighted by Crippen LogP contribution is -2.07. The fourth-order valence-electron chi connectivity index (χ4n) is 1.70. The predicted molar refractivity (Wildman–Crippen MR) is 72.7 cm³/mol. The molecule has 1 N–H and O–H groups in total. The van der Waals surface area contributed by atoms with Gasteiger partial charge in [-0.05, 0) is 23.8 Å². The number of hydrogen-bond donors (Lipinski definition) is 1. The van der Waals surface area contributed by atoms with E-state index in [4.69, 9.17) is 16.9 Å². The van der Waals surface area contributed by atoms with Gasteiger partial charge in [-0.15, -0.1) is 0 Å². The second-order valence-electron chi connectivity index (χ2n) is 4.18. The van der Waals surface area contributed by atoms with Crippen LogP contribution in [0.2, 0.25) is 5.02 Å². The first-order valence-electron chi connectivity index (χ1n) is 5.86. The molecule has 2 aromatic rings. The van der Waals surface area contributed by atoms with Gasteiger partial charge in [0.25, 0.3) is 0 Å². The van der Waals surface area contributed by atoms with E-state index in [0.29, 0.717) is 5.56 Å². The Morgan fingerprint density at radius 3 is 2.71 bits per heavy atom. The Morgan fingerprint density at radius 1 is 1.29 bits per heavy atom. The molecule has 0 atom stereocenters. The number of nitrogens with one attached hydrogen (secondary N) is 1. The van der Waals surface area contributed by atoms with E-state index in [0.717, 1.165) is 12.1 Å². The summed E-state index contributed by atoms with van der Waals surface area (Å²) in [5, 5.41) is 11.8. The van der Waals surface area contributed by atoms with Gasteiger partial charge in [0.05, 0.1) is 11.1 Å². The first-order chi connectivity index (χ1) is 9.91. The third kappa shape index (κ3) is 3.64. The lowest BCUT2D eigenvalue weighted by atomic mass is 10.1. The fourth-order valence-corrected chi connectivity index (χ4v) is 1.92. The van der Waals surface area contributed by atoms with Gasteiger partial charge in [0.2, 0.25) is 0 Å². The Morgan fingerprint density at radius 2 is 2.05 bits per heavy atom. The van der Waals surface area contributed by atoms with Crippen molar-refractivity contribution in [1.29, 1.82) is 5.26 Å². The molecule has 0 aliphatic rings. The quantitative estimate of drug-likeness (QED) is 0.922. The molecule has 21 heavy (non-hydrogen) atoms. The summed E-state index contributed by atoms with van der Waals surface area (Å²) in [6.45, 7) is 0.117. The number of halogens is 4. The van der Waals surface area contributed by atoms with Gasteiger partial charge in [0.15, 0.2) is 0 Å². The minimum absolute atomic E-state index is 0.117. The highest BCUT2D eigenvalue weighted by Crippen LogP contribution is 2.30. The normalized spacial score (nSPS) is 11.0. The van der Waals surface area contributed by atoms with Crippen molar-refractivity contribution in [3.8, 4) is 6.07 Å². The number of nitriles is 1. The third-order valence-corrected chi connectivity index (χ3v) is 3.11. The zero-order chi connectivity index (χ0) is 15.5. The highest BCUT2D eigenvalue weighted by Gasteiger charge is 2.30. The summed E-state index contributed by atoms with van der Waals surface area (Å²) in [4.78, 5) is 3.96. The summed E-state index contributed by atoms with van der Waals surface area (Å²) in [6.07, 6.45) is -2.98. The smallest absolute Gasteiger partial charge is 0.365 e. The van der Waals surface area contributed by atoms with Gasteiger partial charge in [-0.1, -0.05) is 23.7 Å². The molecule has 0 spiro atoms. The van der Waals surface area contributed by atoms with Crippen LogP contribution in [0.15, 0.2) is 36.5 Å². The number of alkyl halides is 3. The highest BCUT2D eigenvalue weighted by molar-refractivity contribution is 6.34. The average Bonchev–Trinajstić information content (AvgIpc) is 2.45. The number of pyridine rings is 1. The maximum absolute atomic E-state index is 12.6. The first-order valence-corrected chi connectivity index (χ1v) is 6.24. The van der Waals surface area contributed by atoms with Gasteiger partial charge in [-0.3, -0.25) is 0 Å². The van der Waals surface area contributed by atoms with Crippen molar-refractivity contribution in [2.75, 3.05) is 5.32 Å². The number of nitrogens with zero attached hydrogens (tertiary/aromatic N) is 2. The summed E-state index contributed by atoms with van der Waals surface area (Å²) in [7, 11) is 0. The van der Waals surface area contributed by atoms with Crippen LogP contribution in [0.4, 0.5) is 19.0 Å². The van der Waals surface area contributed by atoms with Crippen molar-refractivity contribution in [3.05, 3.63) is 58.2 Å². The highest BCUT2D eigenvalue weighted by atomic mass is 35.5. The Hall–Kier alpha value is -2.26. The van der Waals surface area contributed by atoms with Crippen LogP contribution in [-0.4, -0.2) is 4.98 Å². The predicted octanol–water partition coefficient (Wildman–Crippen LogP) is 4.24. The molecular weight excluding hydrogens is 303 g/mol. The van der Waals surface area contributed by atoms with E-state index in [-0.39, 0.29) is 22.9 Å². The number of aromatic nitrogens is 1. The van der Waals surface area contributed by atoms with Crippen LogP contribution in [0, 0.1) is 11.3 Å². The largest absolute Gasteiger partial charge is 0.416 e. The topological polar surface area (TPSA) is 48.7 Å². The van der Waals surface area contributed by atoms with E-state index in [1.165, 1.54) is 18.3 Å². The van der Waals surface area contributed by atoms with Gasteiger partial charge in [-0.2, -0.15) is 18.4 Å². The van der Waals surface area contributed by atoms with Crippen LogP contribution in [0.25, 0.3) is 0 Å². The molecule has 0 bridgehead atoms. The lowest BCUT2D eigenvalue weighted by Gasteiger charge is -2.11. The molecule has 0 unspecified atom stereocenters. The van der Waals surface area contributed by atoms with Gasteiger partial charge in [0, 0.05) is 12.7 Å². The van der Waals surface area contributed by atoms with Gasteiger partial charge < -0.3 is 5.32 Å². The molecule has 0 aliphatic carbocycles. The summed E-state index contributed by atoms with van der Waals surface area (Å²) in [6, 6.07) is 8.31. The number of rotatable bonds is 3. The average molecular weight is 312 g/mol. The van der Waals surface area contributed by atoms with Gasteiger partial charge in [-0.25, -0.2) is 4.98 Å². The zero-order valence-electron chi connectivity index (χ0n) is 10.6. The molecule has 0 fully saturated rings. The molecule has 0 radical (unpaired) electrons. The zero-order valence-corrected chi connectivity index (χ0v) is 11.3. The molecule has 0 saturated heterocycles. The first kappa shape index (κ1) is 15.1. The minimum Gasteiger partial charge on any atom is -0.365 e. The van der Waals surface area contributed by atoms with Crippen molar-refractivity contribution in [2.24, 2.45) is 0 Å². The van der Waals surface area contributed by atoms with Crippen LogP contribution >= 0.6 is 11.6 Å². The Bertz CT molecular complexity index is 693. The molecule has 1 aromatic heterocycles. The summed E-state index contributed by atoms with van der Waals surface area (Å²) in [5.41, 5.74) is -0.0325. The second kappa shape index (κ2) is 6.02. The number of hydrogen-bond acceptors (Lipinski definition) is 3. The Labute approximate surface area is 124 Å². The van der Waals surface area contributed by atoms with Crippen molar-refractivity contribution >= 4 is 17.4 Å². The molecule has 0 aliphatic heterocycles. The number of anilines is 1. The molecular formula is C14H9ClF3N3. The van der Waals surface area contributed by atoms with Crippen molar-refractivity contribution in [3.63, 3.8) is 0 Å². The van der Waals surface area contributed by atoms with Crippen LogP contribution in [-0.2, 0) is 12.7 Å². The lowest BCUT2D eigenvalue weighted by molar-refractivity contribution is -0.137. The molecule has 1 aromatic carbocycles. The van der Waals surface area contributed by atoms with E-state index in [9.17, 15) is 13.2 Å². The van der Waals surface area contributed by atoms with Crippen molar-refractivity contribution < 1.29 is 13.2 Å². The van der Waals surface area contributed by atoms with Crippen molar-refractivity contribution in [2.45, 2.75) is 12.7 Å². The summed E-state index contributed by atoms with van der Waals surface area (Å²) < 4.78 is 37.8. The monoisotopic (exact) mass is 311 g/mol. The van der Waals surface area contributed by atoms with E-state index < -0.39 is 11.7 Å². The Kier molecular flexibility index (Phi) is 4.34. The van der Waals surface area contributed by atoms with E-state index in [2.05, 4.69) is 10.3 Å². The third-order valence-electron chi connectivity index (χ3n) is 2.72. The number of benzene rings is 1. The molecule has 108 valence electrons. The van der Waals surface area contributed by atoms with E-state index >= 15 is 0 Å². The van der Waals surface area contributed by atoms with Crippen LogP contribution in [0.1, 0.15) is 16.7 Å². The maximum atomic E-state index is 12.6. The van der Waals surface area contributed by atoms with E-state index in [1.807, 2.05) is 6.07 Å². The molecule has 0 amide bonds. The molecule has 0 saturated carbocycles. The molecule has 3 nitrogen and oxygen atoms in total. The summed E-state index contributed by atoms with van der Waals surface area (Å²) >= 11 is 5.95. The van der Waals surface area contributed by atoms with Crippen LogP contribution in [0.3, 0.4) is 0 Å². The summed E-state index contributed by atoms with van der Waals surface area (Å²) in [5.74, 6) is 0.258. The molecule has 1 heterocycles. The van der Waals surface area contributed by atoms with Crippen LogP contribution in [0.5, 0.6) is 0 Å². The maximum Gasteiger partial charge on any atom is 0.416 e. The van der Waals surface area contributed by atoms with Gasteiger partial charge >= 0.3 is 6.18 Å². The van der Waals surface area contributed by atoms with Crippen molar-refractivity contribution in [1.82, 2.24) is 4.98 Å². The Balaban J connectivity index is 2.16. The SMILES string of the molecule is N#Cc1ccnc(NCc2cccc(C(F)(F)F)c2)c1Cl.